The van der Waals surface area contributed by atoms with E-state index in [0.29, 0.717) is 23.5 Å². The van der Waals surface area contributed by atoms with Gasteiger partial charge in [-0.2, -0.15) is 26.3 Å². The second-order valence-electron chi connectivity index (χ2n) is 5.51. The molecule has 0 amide bonds. The Hall–Kier alpha value is -3.10. The normalized spacial score (nSPS) is 12.1. The van der Waals surface area contributed by atoms with Gasteiger partial charge in [-0.25, -0.2) is 0 Å². The van der Waals surface area contributed by atoms with Crippen molar-refractivity contribution in [3.05, 3.63) is 78.4 Å². The summed E-state index contributed by atoms with van der Waals surface area (Å²) in [7, 11) is 0. The first-order valence-electron chi connectivity index (χ1n) is 7.56. The third-order valence-electron chi connectivity index (χ3n) is 3.67. The Kier molecular flexibility index (Phi) is 4.77. The Morgan fingerprint density at radius 1 is 0.556 bits per heavy atom. The SMILES string of the molecule is FC(F)(F)c1cc(N(c2ccncc2)c2ccncc2)cc(C(F)(F)F)c1. The van der Waals surface area contributed by atoms with E-state index in [2.05, 4.69) is 9.97 Å². The zero-order chi connectivity index (χ0) is 19.7. The Morgan fingerprint density at radius 3 is 1.26 bits per heavy atom. The van der Waals surface area contributed by atoms with Crippen molar-refractivity contribution in [2.75, 3.05) is 4.90 Å². The van der Waals surface area contributed by atoms with E-state index in [1.807, 2.05) is 0 Å². The fourth-order valence-corrected chi connectivity index (χ4v) is 2.50. The Bertz CT molecular complexity index is 836. The van der Waals surface area contributed by atoms with E-state index in [-0.39, 0.29) is 11.8 Å². The van der Waals surface area contributed by atoms with Crippen molar-refractivity contribution in [3.8, 4) is 0 Å². The molecule has 0 bridgehead atoms. The van der Waals surface area contributed by atoms with Gasteiger partial charge >= 0.3 is 12.4 Å². The maximum absolute atomic E-state index is 13.2. The quantitative estimate of drug-likeness (QED) is 0.521. The summed E-state index contributed by atoms with van der Waals surface area (Å²) >= 11 is 0. The summed E-state index contributed by atoms with van der Waals surface area (Å²) in [5.74, 6) is 0. The smallest absolute Gasteiger partial charge is 0.310 e. The number of anilines is 3. The van der Waals surface area contributed by atoms with Crippen LogP contribution >= 0.6 is 0 Å². The van der Waals surface area contributed by atoms with Gasteiger partial charge in [0.2, 0.25) is 0 Å². The lowest BCUT2D eigenvalue weighted by molar-refractivity contribution is -0.143. The minimum absolute atomic E-state index is 0.0980. The van der Waals surface area contributed by atoms with E-state index >= 15 is 0 Å². The summed E-state index contributed by atoms with van der Waals surface area (Å²) in [6.45, 7) is 0. The van der Waals surface area contributed by atoms with Crippen molar-refractivity contribution in [2.45, 2.75) is 12.4 Å². The van der Waals surface area contributed by atoms with Crippen LogP contribution in [0.4, 0.5) is 43.4 Å². The lowest BCUT2D eigenvalue weighted by atomic mass is 10.1. The van der Waals surface area contributed by atoms with Gasteiger partial charge in [-0.05, 0) is 42.5 Å². The molecule has 0 radical (unpaired) electrons. The van der Waals surface area contributed by atoms with Gasteiger partial charge in [0, 0.05) is 41.8 Å². The van der Waals surface area contributed by atoms with E-state index in [1.54, 1.807) is 0 Å². The van der Waals surface area contributed by atoms with Crippen molar-refractivity contribution in [1.82, 2.24) is 9.97 Å². The molecule has 9 heteroatoms. The van der Waals surface area contributed by atoms with Crippen LogP contribution in [0.2, 0.25) is 0 Å². The molecule has 0 atom stereocenters. The molecule has 0 saturated heterocycles. The fraction of sp³-hybridized carbons (Fsp3) is 0.111. The van der Waals surface area contributed by atoms with Crippen molar-refractivity contribution in [3.63, 3.8) is 0 Å². The number of aromatic nitrogens is 2. The number of alkyl halides is 6. The van der Waals surface area contributed by atoms with Crippen LogP contribution < -0.4 is 4.90 Å². The van der Waals surface area contributed by atoms with Crippen LogP contribution in [-0.4, -0.2) is 9.97 Å². The van der Waals surface area contributed by atoms with Crippen molar-refractivity contribution < 1.29 is 26.3 Å². The molecule has 0 N–H and O–H groups in total. The highest BCUT2D eigenvalue weighted by molar-refractivity contribution is 5.76. The van der Waals surface area contributed by atoms with Crippen LogP contribution in [0.3, 0.4) is 0 Å². The van der Waals surface area contributed by atoms with Gasteiger partial charge in [0.25, 0.3) is 0 Å². The predicted molar refractivity (Wildman–Crippen MR) is 86.7 cm³/mol. The number of benzene rings is 1. The van der Waals surface area contributed by atoms with Gasteiger partial charge in [-0.3, -0.25) is 9.97 Å². The summed E-state index contributed by atoms with van der Waals surface area (Å²) in [5.41, 5.74) is -2.36. The number of hydrogen-bond acceptors (Lipinski definition) is 3. The molecule has 0 spiro atoms. The number of rotatable bonds is 3. The van der Waals surface area contributed by atoms with Gasteiger partial charge in [0.05, 0.1) is 11.1 Å². The molecule has 1 aromatic carbocycles. The molecule has 3 aromatic rings. The summed E-state index contributed by atoms with van der Waals surface area (Å²) < 4.78 is 79.2. The molecule has 0 fully saturated rings. The van der Waals surface area contributed by atoms with E-state index in [4.69, 9.17) is 0 Å². The Labute approximate surface area is 149 Å². The molecule has 140 valence electrons. The highest BCUT2D eigenvalue weighted by atomic mass is 19.4. The highest BCUT2D eigenvalue weighted by Crippen LogP contribution is 2.42. The second-order valence-corrected chi connectivity index (χ2v) is 5.51. The molecule has 3 nitrogen and oxygen atoms in total. The topological polar surface area (TPSA) is 29.0 Å². The maximum atomic E-state index is 13.2. The first kappa shape index (κ1) is 18.7. The zero-order valence-electron chi connectivity index (χ0n) is 13.5. The standard InChI is InChI=1S/C18H11F6N3/c19-17(20,21)12-9-13(18(22,23)24)11-16(10-12)27(14-1-5-25-6-2-14)15-3-7-26-8-4-15/h1-11H. The first-order chi connectivity index (χ1) is 12.7. The molecule has 0 aliphatic heterocycles. The van der Waals surface area contributed by atoms with Crippen molar-refractivity contribution >= 4 is 17.1 Å². The van der Waals surface area contributed by atoms with E-state index in [9.17, 15) is 26.3 Å². The highest BCUT2D eigenvalue weighted by Gasteiger charge is 2.37. The summed E-state index contributed by atoms with van der Waals surface area (Å²) in [4.78, 5) is 8.93. The molecule has 2 aromatic heterocycles. The van der Waals surface area contributed by atoms with Crippen LogP contribution in [0.15, 0.2) is 67.3 Å². The first-order valence-corrected chi connectivity index (χ1v) is 7.56. The van der Waals surface area contributed by atoms with Crippen LogP contribution in [0.1, 0.15) is 11.1 Å². The zero-order valence-corrected chi connectivity index (χ0v) is 13.5. The Balaban J connectivity index is 2.26. The molecule has 3 rings (SSSR count). The van der Waals surface area contributed by atoms with E-state index < -0.39 is 23.5 Å². The Morgan fingerprint density at radius 2 is 0.926 bits per heavy atom. The van der Waals surface area contributed by atoms with Gasteiger partial charge in [-0.1, -0.05) is 0 Å². The summed E-state index contributed by atoms with van der Waals surface area (Å²) in [6.07, 6.45) is -4.30. The lowest BCUT2D eigenvalue weighted by Crippen LogP contribution is -2.15. The predicted octanol–water partition coefficient (Wildman–Crippen LogP) is 5.98. The van der Waals surface area contributed by atoms with Crippen LogP contribution in [0.25, 0.3) is 0 Å². The van der Waals surface area contributed by atoms with E-state index in [1.165, 1.54) is 54.0 Å². The average Bonchev–Trinajstić information content (AvgIpc) is 2.62. The van der Waals surface area contributed by atoms with E-state index in [0.717, 1.165) is 0 Å². The summed E-state index contributed by atoms with van der Waals surface area (Å²) in [5, 5.41) is 0. The average molecular weight is 383 g/mol. The van der Waals surface area contributed by atoms with Crippen molar-refractivity contribution in [2.24, 2.45) is 0 Å². The number of halogens is 6. The van der Waals surface area contributed by atoms with Gasteiger partial charge in [0.15, 0.2) is 0 Å². The molecule has 0 unspecified atom stereocenters. The largest absolute Gasteiger partial charge is 0.416 e. The minimum atomic E-state index is -4.93. The molecular weight excluding hydrogens is 372 g/mol. The molecule has 0 saturated carbocycles. The van der Waals surface area contributed by atoms with Crippen LogP contribution in [0, 0.1) is 0 Å². The molecule has 0 aliphatic carbocycles. The number of nitrogens with zero attached hydrogens (tertiary/aromatic N) is 3. The molecular formula is C18H11F6N3. The van der Waals surface area contributed by atoms with Gasteiger partial charge in [0.1, 0.15) is 0 Å². The second kappa shape index (κ2) is 6.90. The lowest BCUT2D eigenvalue weighted by Gasteiger charge is -2.26. The van der Waals surface area contributed by atoms with Crippen LogP contribution in [0.5, 0.6) is 0 Å². The molecule has 2 heterocycles. The maximum Gasteiger partial charge on any atom is 0.416 e. The fourth-order valence-electron chi connectivity index (χ4n) is 2.50. The summed E-state index contributed by atoms with van der Waals surface area (Å²) in [6, 6.07) is 7.37. The monoisotopic (exact) mass is 383 g/mol. The molecule has 27 heavy (non-hydrogen) atoms. The number of hydrogen-bond donors (Lipinski definition) is 0. The third kappa shape index (κ3) is 4.18. The van der Waals surface area contributed by atoms with Crippen LogP contribution in [-0.2, 0) is 12.4 Å². The molecule has 0 aliphatic rings. The number of pyridine rings is 2. The van der Waals surface area contributed by atoms with Gasteiger partial charge in [-0.15, -0.1) is 0 Å². The third-order valence-corrected chi connectivity index (χ3v) is 3.67. The van der Waals surface area contributed by atoms with Crippen molar-refractivity contribution in [1.29, 1.82) is 0 Å². The minimum Gasteiger partial charge on any atom is -0.310 e. The van der Waals surface area contributed by atoms with Gasteiger partial charge < -0.3 is 4.90 Å².